The molecule has 7 nitrogen and oxygen atoms in total. The standard InChI is InChI=1S/C27H33NO6/c1-17(2)16-34-19-11-12-20(18(3)15-19)25(29)23-24(21-9-6-7-10-22(21)33-5)28(13-8-14-32-4)27(31)26(23)30/h6-7,9-12,15,17,24,29H,8,13-14,16H2,1-5H3/t24-/m0/s1. The molecular formula is C27H33NO6. The Kier molecular flexibility index (Phi) is 8.34. The van der Waals surface area contributed by atoms with Crippen molar-refractivity contribution in [3.63, 3.8) is 0 Å². The van der Waals surface area contributed by atoms with E-state index in [1.54, 1.807) is 25.3 Å². The molecule has 182 valence electrons. The highest BCUT2D eigenvalue weighted by Crippen LogP contribution is 2.43. The van der Waals surface area contributed by atoms with Crippen molar-refractivity contribution >= 4 is 17.4 Å². The van der Waals surface area contributed by atoms with Gasteiger partial charge in [0.05, 0.1) is 25.3 Å². The first-order chi connectivity index (χ1) is 16.3. The molecule has 0 spiro atoms. The van der Waals surface area contributed by atoms with Gasteiger partial charge in [0, 0.05) is 31.4 Å². The Labute approximate surface area is 200 Å². The van der Waals surface area contributed by atoms with Gasteiger partial charge in [-0.25, -0.2) is 0 Å². The van der Waals surface area contributed by atoms with E-state index in [4.69, 9.17) is 14.2 Å². The molecule has 1 N–H and O–H groups in total. The second kappa shape index (κ2) is 11.2. The second-order valence-electron chi connectivity index (χ2n) is 8.76. The van der Waals surface area contributed by atoms with Crippen molar-refractivity contribution in [1.29, 1.82) is 0 Å². The zero-order valence-electron chi connectivity index (χ0n) is 20.5. The van der Waals surface area contributed by atoms with E-state index in [1.165, 1.54) is 12.0 Å². The molecule has 1 aliphatic heterocycles. The summed E-state index contributed by atoms with van der Waals surface area (Å²) in [5.74, 6) is 0.0171. The Balaban J connectivity index is 2.10. The third-order valence-corrected chi connectivity index (χ3v) is 5.76. The molecule has 2 aromatic rings. The van der Waals surface area contributed by atoms with Crippen molar-refractivity contribution in [2.75, 3.05) is 34.0 Å². The van der Waals surface area contributed by atoms with Crippen LogP contribution in [0.5, 0.6) is 11.5 Å². The number of likely N-dealkylation sites (tertiary alicyclic amines) is 1. The molecule has 1 atom stereocenters. The van der Waals surface area contributed by atoms with E-state index in [9.17, 15) is 14.7 Å². The van der Waals surface area contributed by atoms with E-state index < -0.39 is 17.7 Å². The van der Waals surface area contributed by atoms with Gasteiger partial charge in [-0.05, 0) is 49.1 Å². The van der Waals surface area contributed by atoms with E-state index in [0.29, 0.717) is 54.7 Å². The molecule has 1 saturated heterocycles. The molecule has 34 heavy (non-hydrogen) atoms. The second-order valence-corrected chi connectivity index (χ2v) is 8.76. The Bertz CT molecular complexity index is 1070. The molecule has 1 amide bonds. The van der Waals surface area contributed by atoms with E-state index in [0.717, 1.165) is 5.56 Å². The first-order valence-electron chi connectivity index (χ1n) is 11.4. The van der Waals surface area contributed by atoms with Gasteiger partial charge < -0.3 is 24.2 Å². The maximum Gasteiger partial charge on any atom is 0.295 e. The summed E-state index contributed by atoms with van der Waals surface area (Å²) < 4.78 is 16.4. The lowest BCUT2D eigenvalue weighted by Gasteiger charge is -2.26. The zero-order chi connectivity index (χ0) is 24.8. The van der Waals surface area contributed by atoms with Gasteiger partial charge in [-0.1, -0.05) is 32.0 Å². The number of hydrogen-bond donors (Lipinski definition) is 1. The number of ketones is 1. The van der Waals surface area contributed by atoms with Crippen LogP contribution in [0.15, 0.2) is 48.0 Å². The number of ether oxygens (including phenoxy) is 3. The minimum absolute atomic E-state index is 0.0471. The molecule has 1 fully saturated rings. The van der Waals surface area contributed by atoms with E-state index >= 15 is 0 Å². The first kappa shape index (κ1) is 25.3. The molecule has 7 heteroatoms. The lowest BCUT2D eigenvalue weighted by molar-refractivity contribution is -0.140. The Morgan fingerprint density at radius 2 is 1.85 bits per heavy atom. The molecule has 1 aliphatic rings. The van der Waals surface area contributed by atoms with Crippen LogP contribution in [0.3, 0.4) is 0 Å². The van der Waals surface area contributed by atoms with Crippen molar-refractivity contribution < 1.29 is 28.9 Å². The molecule has 0 bridgehead atoms. The topological polar surface area (TPSA) is 85.3 Å². The fourth-order valence-corrected chi connectivity index (χ4v) is 4.11. The van der Waals surface area contributed by atoms with Crippen LogP contribution in [-0.4, -0.2) is 55.7 Å². The number of carbonyl (C=O) groups is 2. The summed E-state index contributed by atoms with van der Waals surface area (Å²) >= 11 is 0. The van der Waals surface area contributed by atoms with Crippen LogP contribution >= 0.6 is 0 Å². The summed E-state index contributed by atoms with van der Waals surface area (Å²) in [5.41, 5.74) is 1.90. The maximum atomic E-state index is 13.2. The average Bonchev–Trinajstić information content (AvgIpc) is 3.07. The molecular weight excluding hydrogens is 434 g/mol. The van der Waals surface area contributed by atoms with Crippen LogP contribution in [0, 0.1) is 12.8 Å². The minimum Gasteiger partial charge on any atom is -0.507 e. The monoisotopic (exact) mass is 467 g/mol. The molecule has 0 unspecified atom stereocenters. The number of Topliss-reactive ketones (excluding diaryl/α,β-unsaturated/α-hetero) is 1. The number of carbonyl (C=O) groups excluding carboxylic acids is 2. The first-order valence-corrected chi connectivity index (χ1v) is 11.4. The summed E-state index contributed by atoms with van der Waals surface area (Å²) in [6.07, 6.45) is 0.552. The molecule has 0 saturated carbocycles. The van der Waals surface area contributed by atoms with Crippen LogP contribution in [0.25, 0.3) is 5.76 Å². The normalized spacial score (nSPS) is 17.5. The predicted molar refractivity (Wildman–Crippen MR) is 130 cm³/mol. The van der Waals surface area contributed by atoms with Crippen LogP contribution in [-0.2, 0) is 14.3 Å². The number of aliphatic hydroxyl groups excluding tert-OH is 1. The lowest BCUT2D eigenvalue weighted by atomic mass is 9.93. The summed E-state index contributed by atoms with van der Waals surface area (Å²) in [7, 11) is 3.12. The Morgan fingerprint density at radius 3 is 2.50 bits per heavy atom. The smallest absolute Gasteiger partial charge is 0.295 e. The molecule has 1 heterocycles. The summed E-state index contributed by atoms with van der Waals surface area (Å²) in [6.45, 7) is 7.29. The average molecular weight is 468 g/mol. The van der Waals surface area contributed by atoms with Crippen LogP contribution in [0.4, 0.5) is 0 Å². The van der Waals surface area contributed by atoms with Gasteiger partial charge in [0.2, 0.25) is 0 Å². The fraction of sp³-hybridized carbons (Fsp3) is 0.407. The van der Waals surface area contributed by atoms with Gasteiger partial charge in [0.25, 0.3) is 11.7 Å². The molecule has 3 rings (SSSR count). The number of benzene rings is 2. The Morgan fingerprint density at radius 1 is 1.12 bits per heavy atom. The van der Waals surface area contributed by atoms with E-state index in [2.05, 4.69) is 13.8 Å². The maximum absolute atomic E-state index is 13.2. The highest BCUT2D eigenvalue weighted by atomic mass is 16.5. The number of rotatable bonds is 10. The van der Waals surface area contributed by atoms with Crippen LogP contribution in [0.1, 0.15) is 43.0 Å². The third kappa shape index (κ3) is 5.25. The van der Waals surface area contributed by atoms with Crippen LogP contribution in [0.2, 0.25) is 0 Å². The van der Waals surface area contributed by atoms with E-state index in [-0.39, 0.29) is 11.3 Å². The number of para-hydroxylation sites is 1. The summed E-state index contributed by atoms with van der Waals surface area (Å²) in [6, 6.07) is 11.8. The van der Waals surface area contributed by atoms with Gasteiger partial charge in [-0.2, -0.15) is 0 Å². The lowest BCUT2D eigenvalue weighted by Crippen LogP contribution is -2.31. The van der Waals surface area contributed by atoms with Gasteiger partial charge in [0.1, 0.15) is 17.3 Å². The number of aliphatic hydroxyl groups is 1. The third-order valence-electron chi connectivity index (χ3n) is 5.76. The minimum atomic E-state index is -0.774. The van der Waals surface area contributed by atoms with Crippen molar-refractivity contribution in [3.8, 4) is 11.5 Å². The zero-order valence-corrected chi connectivity index (χ0v) is 20.5. The highest BCUT2D eigenvalue weighted by Gasteiger charge is 2.46. The van der Waals surface area contributed by atoms with Crippen LogP contribution < -0.4 is 9.47 Å². The quantitative estimate of drug-likeness (QED) is 0.240. The fourth-order valence-electron chi connectivity index (χ4n) is 4.11. The van der Waals surface area contributed by atoms with Crippen molar-refractivity contribution in [1.82, 2.24) is 4.90 Å². The number of methoxy groups -OCH3 is 2. The SMILES string of the molecule is COCCCN1C(=O)C(=O)C(=C(O)c2ccc(OCC(C)C)cc2C)[C@@H]1c1ccccc1OC. The molecule has 0 aliphatic carbocycles. The largest absolute Gasteiger partial charge is 0.507 e. The number of aryl methyl sites for hydroxylation is 1. The number of amides is 1. The van der Waals surface area contributed by atoms with Crippen molar-refractivity contribution in [3.05, 3.63) is 64.7 Å². The highest BCUT2D eigenvalue weighted by molar-refractivity contribution is 6.46. The number of hydrogen-bond acceptors (Lipinski definition) is 6. The summed E-state index contributed by atoms with van der Waals surface area (Å²) in [4.78, 5) is 27.7. The van der Waals surface area contributed by atoms with Crippen molar-refractivity contribution in [2.24, 2.45) is 5.92 Å². The van der Waals surface area contributed by atoms with Gasteiger partial charge in [-0.3, -0.25) is 9.59 Å². The van der Waals surface area contributed by atoms with Gasteiger partial charge in [-0.15, -0.1) is 0 Å². The predicted octanol–water partition coefficient (Wildman–Crippen LogP) is 4.50. The summed E-state index contributed by atoms with van der Waals surface area (Å²) in [5, 5.41) is 11.4. The number of nitrogens with zero attached hydrogens (tertiary/aromatic N) is 1. The van der Waals surface area contributed by atoms with Gasteiger partial charge >= 0.3 is 0 Å². The van der Waals surface area contributed by atoms with E-state index in [1.807, 2.05) is 31.2 Å². The van der Waals surface area contributed by atoms with Gasteiger partial charge in [0.15, 0.2) is 0 Å². The Hall–Kier alpha value is -3.32. The molecule has 0 aromatic heterocycles. The molecule has 0 radical (unpaired) electrons. The molecule has 2 aromatic carbocycles. The van der Waals surface area contributed by atoms with Crippen molar-refractivity contribution in [2.45, 2.75) is 33.2 Å².